The zero-order chi connectivity index (χ0) is 30.1. The molecule has 0 spiro atoms. The fourth-order valence-corrected chi connectivity index (χ4v) is 5.27. The first-order valence-electron chi connectivity index (χ1n) is 13.3. The molecule has 2 heterocycles. The number of amides is 3. The van der Waals surface area contributed by atoms with Crippen LogP contribution in [0.15, 0.2) is 60.0 Å². The van der Waals surface area contributed by atoms with E-state index in [4.69, 9.17) is 18.9 Å². The number of methoxy groups -OCH3 is 3. The van der Waals surface area contributed by atoms with Crippen molar-refractivity contribution in [2.24, 2.45) is 0 Å². The smallest absolute Gasteiger partial charge is 0.337 e. The summed E-state index contributed by atoms with van der Waals surface area (Å²) in [6, 6.07) is 13.3. The number of carbonyl (C=O) groups excluding carboxylic acids is 4. The third kappa shape index (κ3) is 7.25. The second kappa shape index (κ2) is 14.5. The van der Waals surface area contributed by atoms with E-state index in [0.717, 1.165) is 12.8 Å². The third-order valence-corrected chi connectivity index (χ3v) is 7.59. The highest BCUT2D eigenvalue weighted by Gasteiger charge is 2.34. The highest BCUT2D eigenvalue weighted by atomic mass is 32.1. The monoisotopic (exact) mass is 595 g/mol. The predicted octanol–water partition coefficient (Wildman–Crippen LogP) is 3.35. The summed E-state index contributed by atoms with van der Waals surface area (Å²) >= 11 is 1.24. The Balaban J connectivity index is 1.76. The molecule has 1 saturated heterocycles. The number of hydrogen-bond donors (Lipinski definition) is 2. The average molecular weight is 596 g/mol. The van der Waals surface area contributed by atoms with Gasteiger partial charge in [0.2, 0.25) is 11.8 Å². The summed E-state index contributed by atoms with van der Waals surface area (Å²) < 4.78 is 21.4. The zero-order valence-corrected chi connectivity index (χ0v) is 24.4. The molecule has 4 rings (SSSR count). The van der Waals surface area contributed by atoms with E-state index >= 15 is 0 Å². The summed E-state index contributed by atoms with van der Waals surface area (Å²) in [5.74, 6) is -1.32. The molecular weight excluding hydrogens is 562 g/mol. The van der Waals surface area contributed by atoms with E-state index in [2.05, 4.69) is 10.6 Å². The zero-order valence-electron chi connectivity index (χ0n) is 23.6. The van der Waals surface area contributed by atoms with Crippen LogP contribution in [-0.4, -0.2) is 70.8 Å². The predicted molar refractivity (Wildman–Crippen MR) is 156 cm³/mol. The molecule has 0 saturated carbocycles. The van der Waals surface area contributed by atoms with Crippen LogP contribution in [0.25, 0.3) is 0 Å². The maximum absolute atomic E-state index is 14.0. The van der Waals surface area contributed by atoms with Gasteiger partial charge in [-0.25, -0.2) is 4.79 Å². The van der Waals surface area contributed by atoms with Crippen LogP contribution in [0.3, 0.4) is 0 Å². The van der Waals surface area contributed by atoms with E-state index in [9.17, 15) is 19.2 Å². The van der Waals surface area contributed by atoms with Gasteiger partial charge in [0.25, 0.3) is 5.91 Å². The lowest BCUT2D eigenvalue weighted by atomic mass is 10.0. The molecule has 1 fully saturated rings. The Morgan fingerprint density at radius 2 is 1.81 bits per heavy atom. The number of anilines is 1. The first kappa shape index (κ1) is 30.5. The second-order valence-corrected chi connectivity index (χ2v) is 10.3. The summed E-state index contributed by atoms with van der Waals surface area (Å²) in [5, 5.41) is 7.32. The van der Waals surface area contributed by atoms with Crippen molar-refractivity contribution in [1.82, 2.24) is 10.6 Å². The molecule has 2 atom stereocenters. The fraction of sp³-hybridized carbons (Fsp3) is 0.333. The molecule has 0 unspecified atom stereocenters. The van der Waals surface area contributed by atoms with Gasteiger partial charge in [-0.15, -0.1) is 11.3 Å². The number of esters is 1. The lowest BCUT2D eigenvalue weighted by Crippen LogP contribution is -2.48. The van der Waals surface area contributed by atoms with E-state index in [1.165, 1.54) is 43.6 Å². The van der Waals surface area contributed by atoms with E-state index in [0.29, 0.717) is 28.5 Å². The number of rotatable bonds is 12. The molecule has 2 N–H and O–H groups in total. The second-order valence-electron chi connectivity index (χ2n) is 9.36. The van der Waals surface area contributed by atoms with Crippen LogP contribution < -0.4 is 25.0 Å². The molecule has 42 heavy (non-hydrogen) atoms. The number of hydrogen-bond acceptors (Lipinski definition) is 9. The van der Waals surface area contributed by atoms with Crippen LogP contribution in [0, 0.1) is 0 Å². The molecule has 11 nitrogen and oxygen atoms in total. The number of carbonyl (C=O) groups is 4. The van der Waals surface area contributed by atoms with Crippen LogP contribution in [0.4, 0.5) is 5.69 Å². The van der Waals surface area contributed by atoms with Crippen LogP contribution in [-0.2, 0) is 19.1 Å². The summed E-state index contributed by atoms with van der Waals surface area (Å²) in [7, 11) is 4.22. The third-order valence-electron chi connectivity index (χ3n) is 6.72. The van der Waals surface area contributed by atoms with Gasteiger partial charge in [0.15, 0.2) is 11.5 Å². The van der Waals surface area contributed by atoms with Crippen molar-refractivity contribution >= 4 is 40.7 Å². The Labute approximate surface area is 247 Å². The normalized spacial score (nSPS) is 14.9. The SMILES string of the molecule is COC(=O)c1cccc(N(C(=O)CNC(=O)c2cccs2)[C@H](C(=O)NC[C@H]2CCCO2)c2ccc(OC)c(OC)c2)c1. The van der Waals surface area contributed by atoms with Crippen molar-refractivity contribution in [3.05, 3.63) is 76.0 Å². The Kier molecular flexibility index (Phi) is 10.5. The average Bonchev–Trinajstić information content (AvgIpc) is 3.75. The quantitative estimate of drug-likeness (QED) is 0.305. The Morgan fingerprint density at radius 3 is 2.48 bits per heavy atom. The van der Waals surface area contributed by atoms with Gasteiger partial charge in [-0.1, -0.05) is 18.2 Å². The van der Waals surface area contributed by atoms with Crippen molar-refractivity contribution in [3.8, 4) is 11.5 Å². The van der Waals surface area contributed by atoms with Gasteiger partial charge in [0.1, 0.15) is 6.04 Å². The molecule has 12 heteroatoms. The molecule has 222 valence electrons. The molecule has 0 aliphatic carbocycles. The number of nitrogens with zero attached hydrogens (tertiary/aromatic N) is 1. The summed E-state index contributed by atoms with van der Waals surface area (Å²) in [6.07, 6.45) is 1.56. The minimum Gasteiger partial charge on any atom is -0.493 e. The van der Waals surface area contributed by atoms with Gasteiger partial charge in [-0.3, -0.25) is 19.3 Å². The highest BCUT2D eigenvalue weighted by Crippen LogP contribution is 2.35. The van der Waals surface area contributed by atoms with Gasteiger partial charge in [-0.2, -0.15) is 0 Å². The molecule has 0 radical (unpaired) electrons. The van der Waals surface area contributed by atoms with Crippen molar-refractivity contribution in [1.29, 1.82) is 0 Å². The minimum absolute atomic E-state index is 0.142. The summed E-state index contributed by atoms with van der Waals surface area (Å²) in [4.78, 5) is 54.7. The lowest BCUT2D eigenvalue weighted by Gasteiger charge is -2.32. The largest absolute Gasteiger partial charge is 0.493 e. The Morgan fingerprint density at radius 1 is 1.00 bits per heavy atom. The van der Waals surface area contributed by atoms with Crippen LogP contribution in [0.1, 0.15) is 44.5 Å². The number of benzene rings is 2. The topological polar surface area (TPSA) is 132 Å². The van der Waals surface area contributed by atoms with Gasteiger partial charge in [0.05, 0.1) is 44.4 Å². The van der Waals surface area contributed by atoms with Gasteiger partial charge in [0, 0.05) is 18.8 Å². The molecule has 3 aromatic rings. The van der Waals surface area contributed by atoms with Crippen molar-refractivity contribution in [2.75, 3.05) is 45.9 Å². The lowest BCUT2D eigenvalue weighted by molar-refractivity contribution is -0.126. The summed E-state index contributed by atoms with van der Waals surface area (Å²) in [5.41, 5.74) is 0.848. The molecule has 1 aromatic heterocycles. The van der Waals surface area contributed by atoms with Gasteiger partial charge < -0.3 is 29.6 Å². The van der Waals surface area contributed by atoms with E-state index in [1.807, 2.05) is 0 Å². The van der Waals surface area contributed by atoms with Crippen LogP contribution >= 0.6 is 11.3 Å². The van der Waals surface area contributed by atoms with Crippen molar-refractivity contribution in [3.63, 3.8) is 0 Å². The van der Waals surface area contributed by atoms with Crippen LogP contribution in [0.5, 0.6) is 11.5 Å². The van der Waals surface area contributed by atoms with E-state index in [1.54, 1.807) is 53.9 Å². The fourth-order valence-electron chi connectivity index (χ4n) is 4.63. The van der Waals surface area contributed by atoms with Crippen molar-refractivity contribution < 1.29 is 38.1 Å². The molecular formula is C30H33N3O8S. The van der Waals surface area contributed by atoms with E-state index in [-0.39, 0.29) is 23.9 Å². The molecule has 1 aliphatic rings. The number of ether oxygens (including phenoxy) is 4. The molecule has 2 aromatic carbocycles. The minimum atomic E-state index is -1.22. The number of nitrogens with one attached hydrogen (secondary N) is 2. The maximum Gasteiger partial charge on any atom is 0.337 e. The standard InChI is InChI=1S/C30H33N3O8S/c1-38-23-12-11-19(16-24(23)39-2)27(29(36)31-17-22-9-5-13-41-22)33(21-8-4-7-20(15-21)30(37)40-3)26(34)18-32-28(35)25-10-6-14-42-25/h4,6-8,10-12,14-16,22,27H,5,9,13,17-18H2,1-3H3,(H,31,36)(H,32,35)/t22-,27+/m1/s1. The molecule has 3 amide bonds. The summed E-state index contributed by atoms with van der Waals surface area (Å²) in [6.45, 7) is 0.457. The van der Waals surface area contributed by atoms with Crippen molar-refractivity contribution in [2.45, 2.75) is 25.0 Å². The van der Waals surface area contributed by atoms with Gasteiger partial charge in [-0.05, 0) is 60.2 Å². The molecule has 1 aliphatic heterocycles. The first-order chi connectivity index (χ1) is 20.4. The first-order valence-corrected chi connectivity index (χ1v) is 14.2. The number of thiophene rings is 1. The Hall–Kier alpha value is -4.42. The maximum atomic E-state index is 14.0. The molecule has 0 bridgehead atoms. The van der Waals surface area contributed by atoms with Gasteiger partial charge >= 0.3 is 5.97 Å². The highest BCUT2D eigenvalue weighted by molar-refractivity contribution is 7.12. The van der Waals surface area contributed by atoms with Crippen LogP contribution in [0.2, 0.25) is 0 Å². The Bertz CT molecular complexity index is 1410. The van der Waals surface area contributed by atoms with E-state index < -0.39 is 36.3 Å².